The summed E-state index contributed by atoms with van der Waals surface area (Å²) in [6, 6.07) is 0. The van der Waals surface area contributed by atoms with Crippen molar-refractivity contribution in [1.29, 1.82) is 0 Å². The standard InChI is InChI=1S/C34H64Br2O3/c1-3-21-33(23-17-13-9-5-7-11-15-19-27-35)25-29-37-31-39-32-38-30-26-34(22-4-2)24-18-14-10-6-8-12-16-20-28-36/h17-18,23-24,33-34H,3-16,19-22,25-32H2,1-2H3. The number of ether oxygens (including phenoxy) is 3. The molecule has 0 fully saturated rings. The molecule has 0 saturated heterocycles. The van der Waals surface area contributed by atoms with Crippen LogP contribution in [-0.4, -0.2) is 37.5 Å². The first-order chi connectivity index (χ1) is 19.3. The van der Waals surface area contributed by atoms with Crippen molar-refractivity contribution in [2.75, 3.05) is 37.5 Å². The van der Waals surface area contributed by atoms with E-state index in [0.29, 0.717) is 25.4 Å². The summed E-state index contributed by atoms with van der Waals surface area (Å²) in [6.07, 6.45) is 35.4. The molecule has 232 valence electrons. The van der Waals surface area contributed by atoms with Gasteiger partial charge in [0.05, 0.1) is 0 Å². The molecule has 0 aliphatic carbocycles. The van der Waals surface area contributed by atoms with Crippen molar-refractivity contribution in [2.24, 2.45) is 11.8 Å². The third kappa shape index (κ3) is 31.1. The second kappa shape index (κ2) is 34.5. The lowest BCUT2D eigenvalue weighted by Crippen LogP contribution is -2.10. The van der Waals surface area contributed by atoms with E-state index in [2.05, 4.69) is 70.0 Å². The van der Waals surface area contributed by atoms with Crippen LogP contribution >= 0.6 is 31.9 Å². The van der Waals surface area contributed by atoms with Crippen LogP contribution in [-0.2, 0) is 14.2 Å². The number of rotatable bonds is 32. The second-order valence-corrected chi connectivity index (χ2v) is 12.6. The van der Waals surface area contributed by atoms with Crippen LogP contribution in [0.3, 0.4) is 0 Å². The summed E-state index contributed by atoms with van der Waals surface area (Å²) in [5.41, 5.74) is 0. The molecule has 0 aromatic carbocycles. The van der Waals surface area contributed by atoms with Crippen LogP contribution in [0.25, 0.3) is 0 Å². The molecular weight excluding hydrogens is 616 g/mol. The van der Waals surface area contributed by atoms with Gasteiger partial charge in [0.2, 0.25) is 0 Å². The van der Waals surface area contributed by atoms with Gasteiger partial charge in [0, 0.05) is 23.9 Å². The number of alkyl halides is 2. The van der Waals surface area contributed by atoms with Crippen molar-refractivity contribution in [1.82, 2.24) is 0 Å². The van der Waals surface area contributed by atoms with Gasteiger partial charge in [-0.2, -0.15) is 0 Å². The molecule has 0 rings (SSSR count). The van der Waals surface area contributed by atoms with Crippen molar-refractivity contribution >= 4 is 31.9 Å². The van der Waals surface area contributed by atoms with E-state index >= 15 is 0 Å². The van der Waals surface area contributed by atoms with E-state index < -0.39 is 0 Å². The Bertz CT molecular complexity index is 469. The van der Waals surface area contributed by atoms with Gasteiger partial charge < -0.3 is 14.2 Å². The van der Waals surface area contributed by atoms with Crippen LogP contribution in [0.2, 0.25) is 0 Å². The highest BCUT2D eigenvalue weighted by atomic mass is 79.9. The molecule has 0 bridgehead atoms. The molecule has 39 heavy (non-hydrogen) atoms. The van der Waals surface area contributed by atoms with Gasteiger partial charge in [0.15, 0.2) is 0 Å². The molecule has 0 radical (unpaired) electrons. The van der Waals surface area contributed by atoms with E-state index in [1.807, 2.05) is 0 Å². The third-order valence-corrected chi connectivity index (χ3v) is 8.37. The van der Waals surface area contributed by atoms with E-state index in [1.54, 1.807) is 0 Å². The van der Waals surface area contributed by atoms with Crippen LogP contribution in [0.5, 0.6) is 0 Å². The molecule has 0 aromatic rings. The van der Waals surface area contributed by atoms with E-state index in [-0.39, 0.29) is 0 Å². The predicted molar refractivity (Wildman–Crippen MR) is 179 cm³/mol. The van der Waals surface area contributed by atoms with Gasteiger partial charge in [0.25, 0.3) is 0 Å². The van der Waals surface area contributed by atoms with Crippen LogP contribution in [0, 0.1) is 11.8 Å². The molecule has 5 heteroatoms. The predicted octanol–water partition coefficient (Wildman–Crippen LogP) is 11.9. The Kier molecular flexibility index (Phi) is 34.8. The Morgan fingerprint density at radius 1 is 0.487 bits per heavy atom. The molecule has 2 unspecified atom stereocenters. The van der Waals surface area contributed by atoms with Gasteiger partial charge in [0.1, 0.15) is 13.6 Å². The van der Waals surface area contributed by atoms with E-state index in [4.69, 9.17) is 14.2 Å². The maximum atomic E-state index is 5.73. The molecule has 0 amide bonds. The molecule has 0 aromatic heterocycles. The van der Waals surface area contributed by atoms with Crippen LogP contribution in [0.1, 0.15) is 142 Å². The van der Waals surface area contributed by atoms with Crippen molar-refractivity contribution in [3.8, 4) is 0 Å². The number of allylic oxidation sites excluding steroid dienone is 4. The third-order valence-electron chi connectivity index (χ3n) is 7.24. The first-order valence-corrected chi connectivity index (χ1v) is 18.7. The Morgan fingerprint density at radius 3 is 1.26 bits per heavy atom. The first-order valence-electron chi connectivity index (χ1n) is 16.5. The molecule has 0 aliphatic heterocycles. The Balaban J connectivity index is 3.75. The Morgan fingerprint density at radius 2 is 0.872 bits per heavy atom. The highest BCUT2D eigenvalue weighted by molar-refractivity contribution is 9.09. The number of hydrogen-bond donors (Lipinski definition) is 0. The van der Waals surface area contributed by atoms with E-state index in [0.717, 1.165) is 36.7 Å². The minimum atomic E-state index is 0.325. The monoisotopic (exact) mass is 678 g/mol. The summed E-state index contributed by atoms with van der Waals surface area (Å²) in [6.45, 7) is 6.69. The topological polar surface area (TPSA) is 27.7 Å². The Labute approximate surface area is 260 Å². The summed E-state index contributed by atoms with van der Waals surface area (Å²) in [4.78, 5) is 0. The first kappa shape index (κ1) is 39.3. The van der Waals surface area contributed by atoms with Crippen molar-refractivity contribution in [2.45, 2.75) is 142 Å². The molecule has 2 atom stereocenters. The molecule has 3 nitrogen and oxygen atoms in total. The lowest BCUT2D eigenvalue weighted by Gasteiger charge is -2.13. The normalized spacial score (nSPS) is 13.6. The number of unbranched alkanes of at least 4 members (excludes halogenated alkanes) is 12. The van der Waals surface area contributed by atoms with Crippen LogP contribution in [0.4, 0.5) is 0 Å². The van der Waals surface area contributed by atoms with Gasteiger partial charge in [-0.1, -0.05) is 134 Å². The molecule has 0 N–H and O–H groups in total. The fourth-order valence-electron chi connectivity index (χ4n) is 4.86. The fraction of sp³-hybridized carbons (Fsp3) is 0.882. The highest BCUT2D eigenvalue weighted by Gasteiger charge is 2.05. The van der Waals surface area contributed by atoms with Crippen molar-refractivity contribution in [3.63, 3.8) is 0 Å². The summed E-state index contributed by atoms with van der Waals surface area (Å²) in [5, 5.41) is 2.29. The number of halogens is 2. The zero-order valence-electron chi connectivity index (χ0n) is 25.8. The molecule has 0 heterocycles. The average molecular weight is 681 g/mol. The Hall–Kier alpha value is 0.320. The van der Waals surface area contributed by atoms with Crippen molar-refractivity contribution in [3.05, 3.63) is 24.3 Å². The van der Waals surface area contributed by atoms with Gasteiger partial charge in [-0.3, -0.25) is 0 Å². The SMILES string of the molecule is CCCC(C=CCCCCCCCCBr)CCOCOCOCCC(C=CCCCCCCCCBr)CCC. The highest BCUT2D eigenvalue weighted by Crippen LogP contribution is 2.16. The average Bonchev–Trinajstić information content (AvgIpc) is 2.94. The number of hydrogen-bond acceptors (Lipinski definition) is 3. The summed E-state index contributed by atoms with van der Waals surface area (Å²) in [5.74, 6) is 1.25. The summed E-state index contributed by atoms with van der Waals surface area (Å²) in [7, 11) is 0. The van der Waals surface area contributed by atoms with Crippen molar-refractivity contribution < 1.29 is 14.2 Å². The van der Waals surface area contributed by atoms with Gasteiger partial charge in [-0.15, -0.1) is 0 Å². The van der Waals surface area contributed by atoms with Gasteiger partial charge in [-0.25, -0.2) is 0 Å². The summed E-state index contributed by atoms with van der Waals surface area (Å²) >= 11 is 7.02. The minimum absolute atomic E-state index is 0.325. The molecule has 0 saturated carbocycles. The maximum absolute atomic E-state index is 5.73. The minimum Gasteiger partial charge on any atom is -0.355 e. The smallest absolute Gasteiger partial charge is 0.149 e. The van der Waals surface area contributed by atoms with Crippen LogP contribution in [0.15, 0.2) is 24.3 Å². The van der Waals surface area contributed by atoms with Gasteiger partial charge >= 0.3 is 0 Å². The fourth-order valence-corrected chi connectivity index (χ4v) is 5.65. The molecule has 0 spiro atoms. The van der Waals surface area contributed by atoms with E-state index in [1.165, 1.54) is 116 Å². The summed E-state index contributed by atoms with van der Waals surface area (Å²) < 4.78 is 17.0. The molecular formula is C34H64Br2O3. The van der Waals surface area contributed by atoms with E-state index in [9.17, 15) is 0 Å². The zero-order chi connectivity index (χ0) is 28.5. The lowest BCUT2D eigenvalue weighted by molar-refractivity contribution is -0.132. The zero-order valence-corrected chi connectivity index (χ0v) is 29.0. The maximum Gasteiger partial charge on any atom is 0.149 e. The lowest BCUT2D eigenvalue weighted by atomic mass is 9.99. The molecule has 0 aliphatic rings. The quantitative estimate of drug-likeness (QED) is 0.0306. The van der Waals surface area contributed by atoms with Crippen LogP contribution < -0.4 is 0 Å². The second-order valence-electron chi connectivity index (χ2n) is 11.0. The van der Waals surface area contributed by atoms with Gasteiger partial charge in [-0.05, 0) is 76.0 Å². The largest absolute Gasteiger partial charge is 0.355 e.